The molecule has 1 aromatic rings. The summed E-state index contributed by atoms with van der Waals surface area (Å²) in [6, 6.07) is 1.78. The average Bonchev–Trinajstić information content (AvgIpc) is 2.46. The van der Waals surface area contributed by atoms with Crippen molar-refractivity contribution >= 4 is 6.03 Å². The van der Waals surface area contributed by atoms with Crippen molar-refractivity contribution in [1.29, 1.82) is 0 Å². The first-order valence-corrected chi connectivity index (χ1v) is 7.85. The zero-order valence-electron chi connectivity index (χ0n) is 13.6. The van der Waals surface area contributed by atoms with E-state index in [1.54, 1.807) is 4.90 Å². The molecule has 2 amide bonds. The van der Waals surface area contributed by atoms with Crippen LogP contribution in [0.5, 0.6) is 0 Å². The van der Waals surface area contributed by atoms with Crippen molar-refractivity contribution in [3.63, 3.8) is 0 Å². The maximum absolute atomic E-state index is 12.3. The number of urea groups is 1. The number of carbonyl (C=O) groups is 1. The molecule has 1 aliphatic rings. The van der Waals surface area contributed by atoms with Crippen LogP contribution in [-0.2, 0) is 11.3 Å². The highest BCUT2D eigenvalue weighted by Crippen LogP contribution is 2.13. The number of rotatable bonds is 4. The largest absolute Gasteiger partial charge is 0.377 e. The highest BCUT2D eigenvalue weighted by Gasteiger charge is 2.23. The maximum atomic E-state index is 12.3. The Hall–Kier alpha value is -1.82. The van der Waals surface area contributed by atoms with Crippen molar-refractivity contribution in [2.75, 3.05) is 19.7 Å². The summed E-state index contributed by atoms with van der Waals surface area (Å²) in [4.78, 5) is 28.7. The van der Waals surface area contributed by atoms with E-state index in [4.69, 9.17) is 4.74 Å². The van der Waals surface area contributed by atoms with E-state index in [1.165, 1.54) is 0 Å². The Morgan fingerprint density at radius 2 is 2.27 bits per heavy atom. The van der Waals surface area contributed by atoms with Crippen LogP contribution in [0.4, 0.5) is 4.79 Å². The van der Waals surface area contributed by atoms with Crippen molar-refractivity contribution in [3.8, 4) is 0 Å². The lowest BCUT2D eigenvalue weighted by Crippen LogP contribution is -2.47. The Balaban J connectivity index is 1.94. The van der Waals surface area contributed by atoms with Gasteiger partial charge in [0.1, 0.15) is 0 Å². The lowest BCUT2D eigenvalue weighted by atomic mass is 10.1. The first-order valence-electron chi connectivity index (χ1n) is 7.85. The lowest BCUT2D eigenvalue weighted by molar-refractivity contribution is 0.0164. The molecule has 2 heterocycles. The van der Waals surface area contributed by atoms with Gasteiger partial charge < -0.3 is 19.9 Å². The predicted molar refractivity (Wildman–Crippen MR) is 85.0 cm³/mol. The van der Waals surface area contributed by atoms with Crippen molar-refractivity contribution in [2.24, 2.45) is 0 Å². The number of aromatic amines is 1. The fourth-order valence-electron chi connectivity index (χ4n) is 2.87. The molecule has 1 fully saturated rings. The van der Waals surface area contributed by atoms with Gasteiger partial charge in [0.2, 0.25) is 0 Å². The molecule has 22 heavy (non-hydrogen) atoms. The number of aryl methyl sites for hydroxylation is 2. The number of carbonyl (C=O) groups excluding carboxylic acids is 1. The molecule has 0 unspecified atom stereocenters. The summed E-state index contributed by atoms with van der Waals surface area (Å²) in [5.41, 5.74) is 2.20. The van der Waals surface area contributed by atoms with Crippen LogP contribution in [-0.4, -0.2) is 41.7 Å². The van der Waals surface area contributed by atoms with Crippen molar-refractivity contribution in [3.05, 3.63) is 33.2 Å². The fourth-order valence-corrected chi connectivity index (χ4v) is 2.87. The molecule has 1 aliphatic heterocycles. The summed E-state index contributed by atoms with van der Waals surface area (Å²) >= 11 is 0. The van der Waals surface area contributed by atoms with E-state index >= 15 is 0 Å². The van der Waals surface area contributed by atoms with Crippen molar-refractivity contribution in [1.82, 2.24) is 15.2 Å². The Kier molecular flexibility index (Phi) is 5.60. The summed E-state index contributed by atoms with van der Waals surface area (Å²) in [6.45, 7) is 7.95. The fraction of sp³-hybridized carbons (Fsp3) is 0.625. The zero-order valence-corrected chi connectivity index (χ0v) is 13.6. The number of pyridine rings is 1. The smallest absolute Gasteiger partial charge is 0.317 e. The number of aromatic nitrogens is 1. The summed E-state index contributed by atoms with van der Waals surface area (Å²) in [5, 5.41) is 2.84. The van der Waals surface area contributed by atoms with Crippen LogP contribution >= 0.6 is 0 Å². The van der Waals surface area contributed by atoms with Gasteiger partial charge in [0.15, 0.2) is 0 Å². The Bertz CT molecular complexity index is 580. The molecule has 1 aromatic heterocycles. The first-order chi connectivity index (χ1) is 10.5. The molecule has 6 heteroatoms. The number of amides is 2. The van der Waals surface area contributed by atoms with Gasteiger partial charge >= 0.3 is 6.03 Å². The van der Waals surface area contributed by atoms with E-state index in [9.17, 15) is 9.59 Å². The minimum atomic E-state index is -0.136. The molecule has 2 rings (SSSR count). The Labute approximate surface area is 130 Å². The summed E-state index contributed by atoms with van der Waals surface area (Å²) in [7, 11) is 0. The standard InChI is InChI=1S/C16H25N3O3/c1-4-22-13-6-5-7-19(10-13)16(21)17-9-14-11(2)8-12(3)18-15(14)20/h8,13H,4-7,9-10H2,1-3H3,(H,17,21)(H,18,20)/t13-/m0/s1. The molecule has 0 spiro atoms. The van der Waals surface area contributed by atoms with E-state index in [1.807, 2.05) is 26.8 Å². The number of hydrogen-bond acceptors (Lipinski definition) is 3. The number of nitrogens with zero attached hydrogens (tertiary/aromatic N) is 1. The van der Waals surface area contributed by atoms with E-state index in [0.717, 1.165) is 30.6 Å². The first kappa shape index (κ1) is 16.5. The molecular weight excluding hydrogens is 282 g/mol. The van der Waals surface area contributed by atoms with Gasteiger partial charge in [-0.05, 0) is 45.2 Å². The second-order valence-corrected chi connectivity index (χ2v) is 5.77. The lowest BCUT2D eigenvalue weighted by Gasteiger charge is -2.32. The quantitative estimate of drug-likeness (QED) is 0.889. The molecule has 0 aliphatic carbocycles. The van der Waals surface area contributed by atoms with Crippen LogP contribution in [0.15, 0.2) is 10.9 Å². The zero-order chi connectivity index (χ0) is 16.1. The van der Waals surface area contributed by atoms with E-state index in [2.05, 4.69) is 10.3 Å². The van der Waals surface area contributed by atoms with Crippen LogP contribution in [0.3, 0.4) is 0 Å². The van der Waals surface area contributed by atoms with E-state index in [0.29, 0.717) is 18.7 Å². The van der Waals surface area contributed by atoms with Crippen molar-refractivity contribution < 1.29 is 9.53 Å². The number of nitrogens with one attached hydrogen (secondary N) is 2. The van der Waals surface area contributed by atoms with Gasteiger partial charge in [0, 0.05) is 31.0 Å². The molecule has 122 valence electrons. The minimum absolute atomic E-state index is 0.119. The molecule has 1 atom stereocenters. The average molecular weight is 307 g/mol. The predicted octanol–water partition coefficient (Wildman–Crippen LogP) is 1.70. The highest BCUT2D eigenvalue weighted by atomic mass is 16.5. The molecule has 0 bridgehead atoms. The van der Waals surface area contributed by atoms with E-state index < -0.39 is 0 Å². The second-order valence-electron chi connectivity index (χ2n) is 5.77. The molecule has 1 saturated heterocycles. The van der Waals surface area contributed by atoms with Crippen LogP contribution < -0.4 is 10.9 Å². The Morgan fingerprint density at radius 3 is 2.95 bits per heavy atom. The third kappa shape index (κ3) is 4.10. The molecule has 0 radical (unpaired) electrons. The molecule has 6 nitrogen and oxygen atoms in total. The normalized spacial score (nSPS) is 18.3. The molecule has 0 aromatic carbocycles. The number of hydrogen-bond donors (Lipinski definition) is 2. The molecule has 0 saturated carbocycles. The minimum Gasteiger partial charge on any atom is -0.377 e. The maximum Gasteiger partial charge on any atom is 0.317 e. The van der Waals surface area contributed by atoms with Crippen molar-refractivity contribution in [2.45, 2.75) is 46.3 Å². The summed E-state index contributed by atoms with van der Waals surface area (Å²) in [6.07, 6.45) is 2.06. The van der Waals surface area contributed by atoms with Crippen LogP contribution in [0.25, 0.3) is 0 Å². The topological polar surface area (TPSA) is 74.4 Å². The monoisotopic (exact) mass is 307 g/mol. The summed E-state index contributed by atoms with van der Waals surface area (Å²) in [5.74, 6) is 0. The second kappa shape index (κ2) is 7.45. The SMILES string of the molecule is CCO[C@H]1CCCN(C(=O)NCc2c(C)cc(C)[nH]c2=O)C1. The van der Waals surface area contributed by atoms with Gasteiger partial charge in [-0.1, -0.05) is 0 Å². The number of H-pyrrole nitrogens is 1. The van der Waals surface area contributed by atoms with Gasteiger partial charge in [0.25, 0.3) is 5.56 Å². The third-order valence-corrected chi connectivity index (χ3v) is 3.98. The van der Waals surface area contributed by atoms with Gasteiger partial charge in [-0.2, -0.15) is 0 Å². The highest BCUT2D eigenvalue weighted by molar-refractivity contribution is 5.74. The molecule has 2 N–H and O–H groups in total. The van der Waals surface area contributed by atoms with Gasteiger partial charge in [-0.15, -0.1) is 0 Å². The third-order valence-electron chi connectivity index (χ3n) is 3.98. The molecular formula is C16H25N3O3. The van der Waals surface area contributed by atoms with Crippen LogP contribution in [0.2, 0.25) is 0 Å². The van der Waals surface area contributed by atoms with Gasteiger partial charge in [0.05, 0.1) is 12.6 Å². The van der Waals surface area contributed by atoms with Gasteiger partial charge in [-0.25, -0.2) is 4.79 Å². The summed E-state index contributed by atoms with van der Waals surface area (Å²) < 4.78 is 5.60. The number of piperidine rings is 1. The number of ether oxygens (including phenoxy) is 1. The van der Waals surface area contributed by atoms with Crippen LogP contribution in [0.1, 0.15) is 36.6 Å². The van der Waals surface area contributed by atoms with E-state index in [-0.39, 0.29) is 24.2 Å². The Morgan fingerprint density at radius 1 is 1.50 bits per heavy atom. The van der Waals surface area contributed by atoms with Crippen LogP contribution in [0, 0.1) is 13.8 Å². The number of likely N-dealkylation sites (tertiary alicyclic amines) is 1. The van der Waals surface area contributed by atoms with Gasteiger partial charge in [-0.3, -0.25) is 4.79 Å².